The molecular weight excluding hydrogens is 200 g/mol. The molecule has 3 unspecified atom stereocenters. The molecule has 2 aliphatic carbocycles. The molecule has 4 N–H and O–H groups in total. The number of hydrogen-bond donors (Lipinski definition) is 3. The molecule has 2 saturated carbocycles. The smallest absolute Gasteiger partial charge is 0.142 e. The van der Waals surface area contributed by atoms with Crippen molar-refractivity contribution in [1.29, 1.82) is 0 Å². The first-order valence-corrected chi connectivity index (χ1v) is 6.05. The fourth-order valence-corrected chi connectivity index (χ4v) is 3.21. The molecule has 2 aliphatic rings. The molecule has 0 saturated heterocycles. The topological polar surface area (TPSA) is 63.0 Å². The summed E-state index contributed by atoms with van der Waals surface area (Å²) >= 11 is 0. The second-order valence-electron chi connectivity index (χ2n) is 4.98. The Balaban J connectivity index is 1.69. The number of pyridine rings is 1. The van der Waals surface area contributed by atoms with Crippen LogP contribution < -0.4 is 16.6 Å². The van der Waals surface area contributed by atoms with Crippen molar-refractivity contribution in [3.8, 4) is 0 Å². The van der Waals surface area contributed by atoms with Gasteiger partial charge in [-0.25, -0.2) is 10.8 Å². The number of nitrogens with zero attached hydrogens (tertiary/aromatic N) is 1. The molecule has 1 aromatic heterocycles. The van der Waals surface area contributed by atoms with Gasteiger partial charge in [0.05, 0.1) is 0 Å². The van der Waals surface area contributed by atoms with E-state index in [9.17, 15) is 0 Å². The third-order valence-electron chi connectivity index (χ3n) is 3.97. The number of fused-ring (bicyclic) bond motifs is 2. The Bertz CT molecular complexity index is 379. The number of nitrogens with two attached hydrogens (primary N) is 1. The van der Waals surface area contributed by atoms with Crippen molar-refractivity contribution in [2.45, 2.75) is 31.7 Å². The van der Waals surface area contributed by atoms with E-state index < -0.39 is 0 Å². The van der Waals surface area contributed by atoms with Crippen molar-refractivity contribution >= 4 is 11.6 Å². The van der Waals surface area contributed by atoms with E-state index in [1.807, 2.05) is 18.2 Å². The lowest BCUT2D eigenvalue weighted by Crippen LogP contribution is -2.26. The van der Waals surface area contributed by atoms with Gasteiger partial charge in [0, 0.05) is 6.04 Å². The maximum absolute atomic E-state index is 5.35. The second kappa shape index (κ2) is 3.94. The molecule has 16 heavy (non-hydrogen) atoms. The fourth-order valence-electron chi connectivity index (χ4n) is 3.21. The van der Waals surface area contributed by atoms with E-state index in [-0.39, 0.29) is 0 Å². The van der Waals surface area contributed by atoms with Crippen LogP contribution in [0.5, 0.6) is 0 Å². The lowest BCUT2D eigenvalue weighted by molar-refractivity contribution is 0.439. The molecule has 1 heterocycles. The zero-order chi connectivity index (χ0) is 11.0. The van der Waals surface area contributed by atoms with Crippen molar-refractivity contribution in [3.05, 3.63) is 18.2 Å². The summed E-state index contributed by atoms with van der Waals surface area (Å²) in [5.41, 5.74) is 2.58. The highest BCUT2D eigenvalue weighted by Gasteiger charge is 2.39. The second-order valence-corrected chi connectivity index (χ2v) is 4.98. The predicted octanol–water partition coefficient (Wildman–Crippen LogP) is 1.97. The van der Waals surface area contributed by atoms with Crippen molar-refractivity contribution in [2.24, 2.45) is 17.7 Å². The van der Waals surface area contributed by atoms with Crippen molar-refractivity contribution in [3.63, 3.8) is 0 Å². The Morgan fingerprint density at radius 3 is 2.75 bits per heavy atom. The van der Waals surface area contributed by atoms with Gasteiger partial charge in [-0.15, -0.1) is 0 Å². The van der Waals surface area contributed by atoms with E-state index in [4.69, 9.17) is 5.84 Å². The van der Waals surface area contributed by atoms with E-state index in [1.54, 1.807) is 0 Å². The fraction of sp³-hybridized carbons (Fsp3) is 0.583. The SMILES string of the molecule is NNc1cccc(NC2CC3CCC2C3)n1. The molecule has 2 bridgehead atoms. The van der Waals surface area contributed by atoms with E-state index in [1.165, 1.54) is 25.7 Å². The highest BCUT2D eigenvalue weighted by atomic mass is 15.3. The quantitative estimate of drug-likeness (QED) is 0.536. The molecule has 0 aliphatic heterocycles. The van der Waals surface area contributed by atoms with Gasteiger partial charge in [0.25, 0.3) is 0 Å². The van der Waals surface area contributed by atoms with Crippen molar-refractivity contribution < 1.29 is 0 Å². The van der Waals surface area contributed by atoms with Gasteiger partial charge < -0.3 is 10.7 Å². The van der Waals surface area contributed by atoms with Crippen molar-refractivity contribution in [2.75, 3.05) is 10.7 Å². The van der Waals surface area contributed by atoms with Crippen LogP contribution in [0, 0.1) is 11.8 Å². The van der Waals surface area contributed by atoms with Gasteiger partial charge in [-0.3, -0.25) is 0 Å². The minimum Gasteiger partial charge on any atom is -0.367 e. The number of nitrogen functional groups attached to an aromatic ring is 1. The summed E-state index contributed by atoms with van der Waals surface area (Å²) in [6, 6.07) is 6.47. The van der Waals surface area contributed by atoms with E-state index >= 15 is 0 Å². The Labute approximate surface area is 95.6 Å². The minimum atomic E-state index is 0.624. The third-order valence-corrected chi connectivity index (χ3v) is 3.97. The molecule has 4 heteroatoms. The standard InChI is InChI=1S/C12H18N4/c13-16-12-3-1-2-11(15-12)14-10-7-8-4-5-9(10)6-8/h1-3,8-10H,4-7,13H2,(H2,14,15,16). The summed E-state index contributed by atoms with van der Waals surface area (Å²) in [6.07, 6.45) is 5.54. The van der Waals surface area contributed by atoms with Gasteiger partial charge in [0.1, 0.15) is 11.6 Å². The van der Waals surface area contributed by atoms with Crippen LogP contribution in [-0.2, 0) is 0 Å². The molecular formula is C12H18N4. The molecule has 0 aromatic carbocycles. The van der Waals surface area contributed by atoms with Gasteiger partial charge in [-0.2, -0.15) is 0 Å². The number of hydrazine groups is 1. The maximum Gasteiger partial charge on any atom is 0.142 e. The van der Waals surface area contributed by atoms with Crippen LogP contribution in [-0.4, -0.2) is 11.0 Å². The first kappa shape index (κ1) is 9.90. The number of anilines is 2. The molecule has 86 valence electrons. The van der Waals surface area contributed by atoms with Gasteiger partial charge in [-0.1, -0.05) is 12.5 Å². The predicted molar refractivity (Wildman–Crippen MR) is 64.9 cm³/mol. The van der Waals surface area contributed by atoms with Gasteiger partial charge >= 0.3 is 0 Å². The highest BCUT2D eigenvalue weighted by Crippen LogP contribution is 2.45. The summed E-state index contributed by atoms with van der Waals surface area (Å²) in [4.78, 5) is 4.39. The molecule has 2 fully saturated rings. The normalized spacial score (nSPS) is 31.7. The van der Waals surface area contributed by atoms with Crippen molar-refractivity contribution in [1.82, 2.24) is 4.98 Å². The number of hydrogen-bond acceptors (Lipinski definition) is 4. The van der Waals surface area contributed by atoms with Crippen LogP contribution in [0.2, 0.25) is 0 Å². The lowest BCUT2D eigenvalue weighted by atomic mass is 9.95. The van der Waals surface area contributed by atoms with Crippen LogP contribution >= 0.6 is 0 Å². The summed E-state index contributed by atoms with van der Waals surface area (Å²) in [6.45, 7) is 0. The molecule has 3 atom stereocenters. The van der Waals surface area contributed by atoms with Crippen LogP contribution in [0.4, 0.5) is 11.6 Å². The first-order valence-electron chi connectivity index (χ1n) is 6.05. The zero-order valence-corrected chi connectivity index (χ0v) is 9.32. The van der Waals surface area contributed by atoms with Gasteiger partial charge in [0.2, 0.25) is 0 Å². The highest BCUT2D eigenvalue weighted by molar-refractivity contribution is 5.45. The minimum absolute atomic E-state index is 0.624. The average molecular weight is 218 g/mol. The van der Waals surface area contributed by atoms with Crippen LogP contribution in [0.25, 0.3) is 0 Å². The number of nitrogens with one attached hydrogen (secondary N) is 2. The van der Waals surface area contributed by atoms with Crippen LogP contribution in [0.3, 0.4) is 0 Å². The Hall–Kier alpha value is -1.29. The average Bonchev–Trinajstić information content (AvgIpc) is 2.91. The molecule has 0 radical (unpaired) electrons. The summed E-state index contributed by atoms with van der Waals surface area (Å²) < 4.78 is 0. The Morgan fingerprint density at radius 1 is 1.19 bits per heavy atom. The van der Waals surface area contributed by atoms with E-state index in [2.05, 4.69) is 15.7 Å². The molecule has 1 aromatic rings. The first-order chi connectivity index (χ1) is 7.85. The largest absolute Gasteiger partial charge is 0.367 e. The lowest BCUT2D eigenvalue weighted by Gasteiger charge is -2.23. The zero-order valence-electron chi connectivity index (χ0n) is 9.32. The van der Waals surface area contributed by atoms with E-state index in [0.29, 0.717) is 11.9 Å². The van der Waals surface area contributed by atoms with Crippen LogP contribution in [0.15, 0.2) is 18.2 Å². The van der Waals surface area contributed by atoms with Gasteiger partial charge in [-0.05, 0) is 43.2 Å². The maximum atomic E-state index is 5.35. The van der Waals surface area contributed by atoms with E-state index in [0.717, 1.165) is 17.7 Å². The summed E-state index contributed by atoms with van der Waals surface area (Å²) in [5, 5.41) is 3.54. The molecule has 0 amide bonds. The molecule has 4 nitrogen and oxygen atoms in total. The monoisotopic (exact) mass is 218 g/mol. The number of aromatic nitrogens is 1. The van der Waals surface area contributed by atoms with Crippen LogP contribution in [0.1, 0.15) is 25.7 Å². The Morgan fingerprint density at radius 2 is 2.06 bits per heavy atom. The number of rotatable bonds is 3. The van der Waals surface area contributed by atoms with Gasteiger partial charge in [0.15, 0.2) is 0 Å². The summed E-state index contributed by atoms with van der Waals surface area (Å²) in [5.74, 6) is 8.82. The third kappa shape index (κ3) is 1.73. The molecule has 3 rings (SSSR count). The molecule has 0 spiro atoms. The summed E-state index contributed by atoms with van der Waals surface area (Å²) in [7, 11) is 0. The Kier molecular flexibility index (Phi) is 2.44.